The minimum Gasteiger partial charge on any atom is -0.393 e. The van der Waals surface area contributed by atoms with E-state index in [-0.39, 0.29) is 6.10 Å². The average molecular weight is 237 g/mol. The maximum absolute atomic E-state index is 9.84. The Morgan fingerprint density at radius 3 is 3.00 bits per heavy atom. The minimum absolute atomic E-state index is 0.0883. The fourth-order valence-corrected chi connectivity index (χ4v) is 2.55. The van der Waals surface area contributed by atoms with Crippen molar-refractivity contribution in [2.45, 2.75) is 38.2 Å². The Morgan fingerprint density at radius 1 is 1.47 bits per heavy atom. The molecule has 1 aromatic heterocycles. The number of hydrogen-bond donors (Lipinski definition) is 2. The van der Waals surface area contributed by atoms with Gasteiger partial charge in [-0.3, -0.25) is 4.68 Å². The first-order valence-corrected chi connectivity index (χ1v) is 6.62. The number of hydrogen-bond acceptors (Lipinski definition) is 3. The summed E-state index contributed by atoms with van der Waals surface area (Å²) < 4.78 is 1.83. The zero-order valence-corrected chi connectivity index (χ0v) is 10.6. The van der Waals surface area contributed by atoms with E-state index < -0.39 is 0 Å². The fourth-order valence-electron chi connectivity index (χ4n) is 2.55. The maximum Gasteiger partial charge on any atom is 0.0580 e. The summed E-state index contributed by atoms with van der Waals surface area (Å²) in [4.78, 5) is 0. The van der Waals surface area contributed by atoms with Gasteiger partial charge >= 0.3 is 0 Å². The molecule has 1 aliphatic rings. The van der Waals surface area contributed by atoms with Gasteiger partial charge in [0.05, 0.1) is 12.3 Å². The summed E-state index contributed by atoms with van der Waals surface area (Å²) in [5, 5.41) is 17.4. The highest BCUT2D eigenvalue weighted by molar-refractivity contribution is 5.03. The molecule has 2 N–H and O–H groups in total. The van der Waals surface area contributed by atoms with E-state index in [9.17, 15) is 5.11 Å². The maximum atomic E-state index is 9.84. The van der Waals surface area contributed by atoms with Crippen LogP contribution in [0.15, 0.2) is 12.4 Å². The normalized spacial score (nSPS) is 25.1. The molecule has 0 amide bonds. The van der Waals surface area contributed by atoms with Gasteiger partial charge in [0.25, 0.3) is 0 Å². The molecule has 1 heterocycles. The molecule has 0 aromatic carbocycles. The second kappa shape index (κ2) is 6.17. The molecule has 1 fully saturated rings. The first-order chi connectivity index (χ1) is 8.25. The summed E-state index contributed by atoms with van der Waals surface area (Å²) in [6.45, 7) is 1.91. The van der Waals surface area contributed by atoms with Gasteiger partial charge in [-0.2, -0.15) is 5.10 Å². The van der Waals surface area contributed by atoms with Crippen LogP contribution in [0.5, 0.6) is 0 Å². The van der Waals surface area contributed by atoms with Crippen molar-refractivity contribution in [1.82, 2.24) is 15.1 Å². The topological polar surface area (TPSA) is 50.1 Å². The second-order valence-electron chi connectivity index (χ2n) is 5.09. The Hall–Kier alpha value is -0.870. The Balaban J connectivity index is 1.62. The molecule has 0 bridgehead atoms. The number of aliphatic hydroxyl groups is 1. The van der Waals surface area contributed by atoms with Gasteiger partial charge in [-0.15, -0.1) is 0 Å². The first kappa shape index (κ1) is 12.6. The molecule has 4 heteroatoms. The quantitative estimate of drug-likeness (QED) is 0.754. The van der Waals surface area contributed by atoms with Crippen molar-refractivity contribution < 1.29 is 5.11 Å². The number of aromatic nitrogens is 2. The third-order valence-corrected chi connectivity index (χ3v) is 3.62. The van der Waals surface area contributed by atoms with E-state index in [4.69, 9.17) is 0 Å². The lowest BCUT2D eigenvalue weighted by Gasteiger charge is -2.27. The molecule has 0 saturated heterocycles. The molecule has 2 atom stereocenters. The molecular weight excluding hydrogens is 214 g/mol. The van der Waals surface area contributed by atoms with Crippen molar-refractivity contribution in [3.8, 4) is 0 Å². The predicted molar refractivity (Wildman–Crippen MR) is 67.7 cm³/mol. The largest absolute Gasteiger partial charge is 0.393 e. The highest BCUT2D eigenvalue weighted by Gasteiger charge is 2.22. The number of nitrogens with zero attached hydrogens (tertiary/aromatic N) is 2. The molecule has 0 aliphatic heterocycles. The van der Waals surface area contributed by atoms with Crippen LogP contribution in [0.2, 0.25) is 0 Å². The van der Waals surface area contributed by atoms with Gasteiger partial charge in [0.1, 0.15) is 0 Å². The van der Waals surface area contributed by atoms with E-state index in [0.717, 1.165) is 25.9 Å². The molecule has 1 saturated carbocycles. The number of nitrogens with one attached hydrogen (secondary N) is 1. The van der Waals surface area contributed by atoms with E-state index >= 15 is 0 Å². The summed E-state index contributed by atoms with van der Waals surface area (Å²) in [7, 11) is 1.94. The lowest BCUT2D eigenvalue weighted by Crippen LogP contribution is -2.34. The average Bonchev–Trinajstić information content (AvgIpc) is 2.73. The molecular formula is C13H23N3O. The van der Waals surface area contributed by atoms with Crippen molar-refractivity contribution in [2.24, 2.45) is 13.0 Å². The van der Waals surface area contributed by atoms with Crippen LogP contribution in [0.3, 0.4) is 0 Å². The molecule has 1 aromatic rings. The van der Waals surface area contributed by atoms with Crippen molar-refractivity contribution >= 4 is 0 Å². The van der Waals surface area contributed by atoms with E-state index in [0.29, 0.717) is 5.92 Å². The summed E-state index contributed by atoms with van der Waals surface area (Å²) >= 11 is 0. The van der Waals surface area contributed by atoms with Crippen LogP contribution >= 0.6 is 0 Å². The van der Waals surface area contributed by atoms with Crippen LogP contribution in [0.1, 0.15) is 31.2 Å². The van der Waals surface area contributed by atoms with Gasteiger partial charge in [-0.25, -0.2) is 0 Å². The van der Waals surface area contributed by atoms with E-state index in [1.165, 1.54) is 24.8 Å². The molecule has 2 unspecified atom stereocenters. The monoisotopic (exact) mass is 237 g/mol. The van der Waals surface area contributed by atoms with Gasteiger partial charge in [0, 0.05) is 19.8 Å². The Kier molecular flexibility index (Phi) is 4.57. The third kappa shape index (κ3) is 3.82. The molecule has 4 nitrogen and oxygen atoms in total. The lowest BCUT2D eigenvalue weighted by atomic mass is 9.86. The Bertz CT molecular complexity index is 337. The summed E-state index contributed by atoms with van der Waals surface area (Å²) in [6.07, 6.45) is 9.50. The minimum atomic E-state index is -0.0883. The second-order valence-corrected chi connectivity index (χ2v) is 5.09. The van der Waals surface area contributed by atoms with Crippen LogP contribution in [0.4, 0.5) is 0 Å². The van der Waals surface area contributed by atoms with Crippen molar-refractivity contribution in [3.63, 3.8) is 0 Å². The predicted octanol–water partition coefficient (Wildman–Crippen LogP) is 1.10. The first-order valence-electron chi connectivity index (χ1n) is 6.62. The van der Waals surface area contributed by atoms with E-state index in [1.54, 1.807) is 0 Å². The molecule has 0 radical (unpaired) electrons. The van der Waals surface area contributed by atoms with Crippen LogP contribution < -0.4 is 5.32 Å². The standard InChI is InChI=1S/C13H23N3O/c1-16-10-11(8-15-16)6-7-14-9-12-4-2-3-5-13(12)17/h8,10,12-14,17H,2-7,9H2,1H3. The van der Waals surface area contributed by atoms with Gasteiger partial charge in [-0.05, 0) is 37.3 Å². The van der Waals surface area contributed by atoms with Crippen LogP contribution in [0.25, 0.3) is 0 Å². The smallest absolute Gasteiger partial charge is 0.0580 e. The molecule has 96 valence electrons. The zero-order valence-electron chi connectivity index (χ0n) is 10.6. The number of rotatable bonds is 5. The van der Waals surface area contributed by atoms with Gasteiger partial charge in [0.2, 0.25) is 0 Å². The van der Waals surface area contributed by atoms with Gasteiger partial charge in [-0.1, -0.05) is 12.8 Å². The SMILES string of the molecule is Cn1cc(CCNCC2CCCCC2O)cn1. The third-order valence-electron chi connectivity index (χ3n) is 3.62. The van der Waals surface area contributed by atoms with Gasteiger partial charge < -0.3 is 10.4 Å². The van der Waals surface area contributed by atoms with Crippen molar-refractivity contribution in [2.75, 3.05) is 13.1 Å². The highest BCUT2D eigenvalue weighted by Crippen LogP contribution is 2.23. The van der Waals surface area contributed by atoms with E-state index in [1.807, 2.05) is 17.9 Å². The zero-order chi connectivity index (χ0) is 12.1. The van der Waals surface area contributed by atoms with Crippen LogP contribution in [-0.4, -0.2) is 34.1 Å². The van der Waals surface area contributed by atoms with E-state index in [2.05, 4.69) is 16.6 Å². The highest BCUT2D eigenvalue weighted by atomic mass is 16.3. The Labute approximate surface area is 103 Å². The molecule has 17 heavy (non-hydrogen) atoms. The summed E-state index contributed by atoms with van der Waals surface area (Å²) in [5.41, 5.74) is 1.27. The van der Waals surface area contributed by atoms with Crippen LogP contribution in [0, 0.1) is 5.92 Å². The van der Waals surface area contributed by atoms with Crippen molar-refractivity contribution in [3.05, 3.63) is 18.0 Å². The summed E-state index contributed by atoms with van der Waals surface area (Å²) in [6, 6.07) is 0. The summed E-state index contributed by atoms with van der Waals surface area (Å²) in [5.74, 6) is 0.456. The van der Waals surface area contributed by atoms with Crippen LogP contribution in [-0.2, 0) is 13.5 Å². The lowest BCUT2D eigenvalue weighted by molar-refractivity contribution is 0.0698. The molecule has 1 aliphatic carbocycles. The number of aliphatic hydroxyl groups excluding tert-OH is 1. The van der Waals surface area contributed by atoms with Crippen molar-refractivity contribution in [1.29, 1.82) is 0 Å². The molecule has 2 rings (SSSR count). The number of aryl methyl sites for hydroxylation is 1. The Morgan fingerprint density at radius 2 is 2.29 bits per heavy atom. The van der Waals surface area contributed by atoms with Gasteiger partial charge in [0.15, 0.2) is 0 Å². The fraction of sp³-hybridized carbons (Fsp3) is 0.769. The molecule has 0 spiro atoms.